The molecule has 0 spiro atoms. The van der Waals surface area contributed by atoms with Crippen LogP contribution in [0.15, 0.2) is 18.2 Å². The van der Waals surface area contributed by atoms with Gasteiger partial charge in [-0.15, -0.1) is 0 Å². The fraction of sp³-hybridized carbons (Fsp3) is 0.500. The number of rotatable bonds is 2. The van der Waals surface area contributed by atoms with Crippen molar-refractivity contribution in [1.82, 2.24) is 5.32 Å². The summed E-state index contributed by atoms with van der Waals surface area (Å²) in [6.45, 7) is 2.63. The third-order valence-corrected chi connectivity index (χ3v) is 4.13. The first-order chi connectivity index (χ1) is 7.68. The summed E-state index contributed by atoms with van der Waals surface area (Å²) in [5.74, 6) is 0. The largest absolute Gasteiger partial charge is 0.330 e. The van der Waals surface area contributed by atoms with E-state index in [4.69, 9.17) is 28.9 Å². The van der Waals surface area contributed by atoms with E-state index in [9.17, 15) is 0 Å². The highest BCUT2D eigenvalue weighted by Gasteiger charge is 2.32. The number of halogens is 2. The van der Waals surface area contributed by atoms with Crippen molar-refractivity contribution < 1.29 is 0 Å². The minimum atomic E-state index is 0.0203. The molecular weight excluding hydrogens is 243 g/mol. The lowest BCUT2D eigenvalue weighted by Gasteiger charge is -2.37. The van der Waals surface area contributed by atoms with Crippen LogP contribution in [0.1, 0.15) is 18.4 Å². The molecule has 0 unspecified atom stereocenters. The standard InChI is InChI=1S/C12H16Cl2N2/c13-10-3-2-9(6-11(10)14)12(7-15)4-1-5-16-8-12/h2-3,6,16H,1,4-5,7-8,15H2/t12-/m0/s1. The molecule has 1 aromatic carbocycles. The van der Waals surface area contributed by atoms with Crippen molar-refractivity contribution in [2.75, 3.05) is 19.6 Å². The van der Waals surface area contributed by atoms with Crippen molar-refractivity contribution in [2.45, 2.75) is 18.3 Å². The van der Waals surface area contributed by atoms with E-state index in [1.54, 1.807) is 0 Å². The van der Waals surface area contributed by atoms with Crippen LogP contribution in [-0.4, -0.2) is 19.6 Å². The van der Waals surface area contributed by atoms with Gasteiger partial charge in [-0.05, 0) is 37.1 Å². The van der Waals surface area contributed by atoms with Gasteiger partial charge in [-0.2, -0.15) is 0 Å². The quantitative estimate of drug-likeness (QED) is 0.856. The van der Waals surface area contributed by atoms with E-state index in [0.717, 1.165) is 25.9 Å². The molecule has 0 saturated carbocycles. The third-order valence-electron chi connectivity index (χ3n) is 3.39. The van der Waals surface area contributed by atoms with E-state index in [1.807, 2.05) is 18.2 Å². The van der Waals surface area contributed by atoms with Gasteiger partial charge in [0.2, 0.25) is 0 Å². The molecule has 1 aromatic rings. The minimum absolute atomic E-state index is 0.0203. The zero-order chi connectivity index (χ0) is 11.6. The molecule has 1 fully saturated rings. The van der Waals surface area contributed by atoms with E-state index < -0.39 is 0 Å². The van der Waals surface area contributed by atoms with Crippen LogP contribution >= 0.6 is 23.2 Å². The molecule has 16 heavy (non-hydrogen) atoms. The summed E-state index contributed by atoms with van der Waals surface area (Å²) >= 11 is 12.0. The molecule has 1 heterocycles. The molecule has 0 aromatic heterocycles. The van der Waals surface area contributed by atoms with E-state index in [-0.39, 0.29) is 5.41 Å². The van der Waals surface area contributed by atoms with Crippen molar-refractivity contribution in [2.24, 2.45) is 5.73 Å². The molecule has 0 radical (unpaired) electrons. The lowest BCUT2D eigenvalue weighted by molar-refractivity contribution is 0.320. The van der Waals surface area contributed by atoms with Crippen LogP contribution < -0.4 is 11.1 Å². The molecule has 0 amide bonds. The second-order valence-corrected chi connectivity index (χ2v) is 5.21. The zero-order valence-corrected chi connectivity index (χ0v) is 10.6. The van der Waals surface area contributed by atoms with Crippen molar-refractivity contribution in [3.05, 3.63) is 33.8 Å². The molecule has 88 valence electrons. The van der Waals surface area contributed by atoms with Crippen LogP contribution in [0.3, 0.4) is 0 Å². The Balaban J connectivity index is 2.35. The Kier molecular flexibility index (Phi) is 3.75. The summed E-state index contributed by atoms with van der Waals surface area (Å²) in [7, 11) is 0. The van der Waals surface area contributed by atoms with Crippen LogP contribution in [0, 0.1) is 0 Å². The second-order valence-electron chi connectivity index (χ2n) is 4.39. The van der Waals surface area contributed by atoms with E-state index in [2.05, 4.69) is 5.32 Å². The first kappa shape index (κ1) is 12.2. The minimum Gasteiger partial charge on any atom is -0.330 e. The average Bonchev–Trinajstić information content (AvgIpc) is 2.33. The summed E-state index contributed by atoms with van der Waals surface area (Å²) in [4.78, 5) is 0. The Morgan fingerprint density at radius 1 is 1.31 bits per heavy atom. The van der Waals surface area contributed by atoms with Gasteiger partial charge in [0.05, 0.1) is 10.0 Å². The van der Waals surface area contributed by atoms with Gasteiger partial charge in [0, 0.05) is 18.5 Å². The monoisotopic (exact) mass is 258 g/mol. The molecule has 4 heteroatoms. The summed E-state index contributed by atoms with van der Waals surface area (Å²) in [6, 6.07) is 5.84. The molecule has 2 rings (SSSR count). The second kappa shape index (κ2) is 4.92. The van der Waals surface area contributed by atoms with Crippen molar-refractivity contribution in [3.8, 4) is 0 Å². The molecule has 1 aliphatic heterocycles. The van der Waals surface area contributed by atoms with Gasteiger partial charge in [-0.1, -0.05) is 29.3 Å². The first-order valence-electron chi connectivity index (χ1n) is 5.54. The normalized spacial score (nSPS) is 25.7. The Morgan fingerprint density at radius 2 is 2.12 bits per heavy atom. The smallest absolute Gasteiger partial charge is 0.0595 e. The summed E-state index contributed by atoms with van der Waals surface area (Å²) in [5.41, 5.74) is 7.15. The number of nitrogens with one attached hydrogen (secondary N) is 1. The molecular formula is C12H16Cl2N2. The highest BCUT2D eigenvalue weighted by molar-refractivity contribution is 6.42. The van der Waals surface area contributed by atoms with Crippen LogP contribution in [-0.2, 0) is 5.41 Å². The van der Waals surface area contributed by atoms with E-state index in [1.165, 1.54) is 5.56 Å². The molecule has 0 aliphatic carbocycles. The SMILES string of the molecule is NC[C@@]1(c2ccc(Cl)c(Cl)c2)CCCNC1. The van der Waals surface area contributed by atoms with E-state index >= 15 is 0 Å². The lowest BCUT2D eigenvalue weighted by Crippen LogP contribution is -2.48. The number of hydrogen-bond acceptors (Lipinski definition) is 2. The molecule has 1 atom stereocenters. The molecule has 3 N–H and O–H groups in total. The summed E-state index contributed by atoms with van der Waals surface area (Å²) in [5, 5.41) is 4.61. The molecule has 1 aliphatic rings. The number of benzene rings is 1. The molecule has 2 nitrogen and oxygen atoms in total. The van der Waals surface area contributed by atoms with Gasteiger partial charge in [-0.25, -0.2) is 0 Å². The summed E-state index contributed by atoms with van der Waals surface area (Å²) in [6.07, 6.45) is 2.26. The van der Waals surface area contributed by atoms with Gasteiger partial charge < -0.3 is 11.1 Å². The fourth-order valence-corrected chi connectivity index (χ4v) is 2.63. The topological polar surface area (TPSA) is 38.0 Å². The maximum atomic E-state index is 6.06. The van der Waals surface area contributed by atoms with Gasteiger partial charge in [-0.3, -0.25) is 0 Å². The average molecular weight is 259 g/mol. The maximum Gasteiger partial charge on any atom is 0.0595 e. The number of nitrogens with two attached hydrogens (primary N) is 1. The Bertz CT molecular complexity index is 373. The fourth-order valence-electron chi connectivity index (χ4n) is 2.33. The van der Waals surface area contributed by atoms with Gasteiger partial charge >= 0.3 is 0 Å². The van der Waals surface area contributed by atoms with Gasteiger partial charge in [0.1, 0.15) is 0 Å². The predicted molar refractivity (Wildman–Crippen MR) is 69.3 cm³/mol. The van der Waals surface area contributed by atoms with Crippen LogP contribution in [0.5, 0.6) is 0 Å². The van der Waals surface area contributed by atoms with Crippen LogP contribution in [0.2, 0.25) is 10.0 Å². The van der Waals surface area contributed by atoms with E-state index in [0.29, 0.717) is 16.6 Å². The first-order valence-corrected chi connectivity index (χ1v) is 6.30. The summed E-state index contributed by atoms with van der Waals surface area (Å²) < 4.78 is 0. The van der Waals surface area contributed by atoms with Gasteiger partial charge in [0.15, 0.2) is 0 Å². The van der Waals surface area contributed by atoms with Gasteiger partial charge in [0.25, 0.3) is 0 Å². The molecule has 1 saturated heterocycles. The Hall–Kier alpha value is -0.280. The van der Waals surface area contributed by atoms with Crippen LogP contribution in [0.25, 0.3) is 0 Å². The number of piperidine rings is 1. The third kappa shape index (κ3) is 2.21. The van der Waals surface area contributed by atoms with Crippen molar-refractivity contribution in [1.29, 1.82) is 0 Å². The maximum absolute atomic E-state index is 6.06. The Morgan fingerprint density at radius 3 is 2.69 bits per heavy atom. The van der Waals surface area contributed by atoms with Crippen molar-refractivity contribution >= 4 is 23.2 Å². The number of hydrogen-bond donors (Lipinski definition) is 2. The predicted octanol–water partition coefficient (Wildman–Crippen LogP) is 2.57. The highest BCUT2D eigenvalue weighted by Crippen LogP contribution is 2.33. The van der Waals surface area contributed by atoms with Crippen molar-refractivity contribution in [3.63, 3.8) is 0 Å². The Labute approximate surface area is 106 Å². The van der Waals surface area contributed by atoms with Crippen LogP contribution in [0.4, 0.5) is 0 Å². The highest BCUT2D eigenvalue weighted by atomic mass is 35.5. The molecule has 0 bridgehead atoms. The lowest BCUT2D eigenvalue weighted by atomic mass is 9.75. The zero-order valence-electron chi connectivity index (χ0n) is 9.10.